The van der Waals surface area contributed by atoms with Crippen LogP contribution in [0.25, 0.3) is 4.91 Å². The van der Waals surface area contributed by atoms with Gasteiger partial charge in [-0.2, -0.15) is 0 Å². The number of hydrogen-bond donors (Lipinski definition) is 5. The maximum absolute atomic E-state index is 8.88. The van der Waals surface area contributed by atoms with Crippen LogP contribution < -0.4 is 16.8 Å². The third-order valence-electron chi connectivity index (χ3n) is 3.72. The van der Waals surface area contributed by atoms with Gasteiger partial charge in [-0.15, -0.1) is 11.8 Å². The number of hydrogen-bond acceptors (Lipinski definition) is 8. The number of dihydropyridines is 1. The molecule has 1 aromatic rings. The topological polar surface area (TPSA) is 146 Å². The molecule has 2 heterocycles. The van der Waals surface area contributed by atoms with Crippen LogP contribution in [0.15, 0.2) is 39.8 Å². The SMILES string of the molecule is CN/C=C(\SC)c1ccc(CC2=C(N)C(=N)/C(=N\O)N=C2C)nc1N. The van der Waals surface area contributed by atoms with E-state index in [9.17, 15) is 0 Å². The van der Waals surface area contributed by atoms with Gasteiger partial charge in [-0.25, -0.2) is 9.98 Å². The van der Waals surface area contributed by atoms with Gasteiger partial charge in [0.05, 0.1) is 5.70 Å². The molecule has 9 heteroatoms. The van der Waals surface area contributed by atoms with Crippen LogP contribution in [0.1, 0.15) is 18.2 Å². The largest absolute Gasteiger partial charge is 0.409 e. The second kappa shape index (κ2) is 7.84. The van der Waals surface area contributed by atoms with E-state index in [-0.39, 0.29) is 17.2 Å². The fourth-order valence-electron chi connectivity index (χ4n) is 2.43. The molecule has 8 nitrogen and oxygen atoms in total. The van der Waals surface area contributed by atoms with Crippen LogP contribution in [0, 0.1) is 5.41 Å². The molecular weight excluding hydrogens is 338 g/mol. The highest BCUT2D eigenvalue weighted by Crippen LogP contribution is 2.28. The summed E-state index contributed by atoms with van der Waals surface area (Å²) in [6, 6.07) is 3.79. The van der Waals surface area contributed by atoms with Crippen molar-refractivity contribution < 1.29 is 5.21 Å². The molecular formula is C16H21N7OS. The standard InChI is InChI=1S/C16H21N7OS/c1-8-11(13(17)14(18)16(21-8)23-24)6-9-4-5-10(15(19)22-9)12(25-3)7-20-2/h4-5,7,18,20,24H,6,17H2,1-3H3,(H2,19,22)/b12-7-,18-14?,23-16+. The normalized spacial score (nSPS) is 17.1. The molecule has 0 amide bonds. The molecule has 2 rings (SSSR count). The lowest BCUT2D eigenvalue weighted by Gasteiger charge is -2.17. The summed E-state index contributed by atoms with van der Waals surface area (Å²) in [4.78, 5) is 9.53. The van der Waals surface area contributed by atoms with E-state index < -0.39 is 0 Å². The predicted molar refractivity (Wildman–Crippen MR) is 104 cm³/mol. The Morgan fingerprint density at radius 2 is 2.16 bits per heavy atom. The Kier molecular flexibility index (Phi) is 5.81. The molecule has 0 aliphatic carbocycles. The number of nitrogen functional groups attached to an aromatic ring is 1. The molecule has 0 bridgehead atoms. The third kappa shape index (κ3) is 3.82. The van der Waals surface area contributed by atoms with Gasteiger partial charge in [0.15, 0.2) is 0 Å². The van der Waals surface area contributed by atoms with Crippen molar-refractivity contribution in [1.29, 1.82) is 5.41 Å². The van der Waals surface area contributed by atoms with Crippen LogP contribution in [0.5, 0.6) is 0 Å². The monoisotopic (exact) mass is 359 g/mol. The molecule has 0 atom stereocenters. The van der Waals surface area contributed by atoms with Crippen molar-refractivity contribution in [3.63, 3.8) is 0 Å². The number of thioether (sulfide) groups is 1. The van der Waals surface area contributed by atoms with Gasteiger partial charge in [0.25, 0.3) is 0 Å². The summed E-state index contributed by atoms with van der Waals surface area (Å²) in [7, 11) is 1.83. The van der Waals surface area contributed by atoms with E-state index in [1.54, 1.807) is 18.7 Å². The highest BCUT2D eigenvalue weighted by atomic mass is 32.2. The van der Waals surface area contributed by atoms with E-state index in [1.807, 2.05) is 31.6 Å². The number of nitrogens with zero attached hydrogens (tertiary/aromatic N) is 3. The van der Waals surface area contributed by atoms with Crippen molar-refractivity contribution in [3.05, 3.63) is 40.9 Å². The zero-order chi connectivity index (χ0) is 18.6. The van der Waals surface area contributed by atoms with E-state index in [4.69, 9.17) is 22.1 Å². The zero-order valence-electron chi connectivity index (χ0n) is 14.3. The van der Waals surface area contributed by atoms with Gasteiger partial charge >= 0.3 is 0 Å². The number of pyridine rings is 1. The smallest absolute Gasteiger partial charge is 0.218 e. The second-order valence-corrected chi connectivity index (χ2v) is 6.15. The van der Waals surface area contributed by atoms with Gasteiger partial charge in [0.1, 0.15) is 11.5 Å². The first-order chi connectivity index (χ1) is 11.9. The predicted octanol–water partition coefficient (Wildman–Crippen LogP) is 1.58. The minimum atomic E-state index is -0.102. The van der Waals surface area contributed by atoms with Crippen molar-refractivity contribution in [3.8, 4) is 0 Å². The summed E-state index contributed by atoms with van der Waals surface area (Å²) in [6.07, 6.45) is 4.22. The number of nitrogens with one attached hydrogen (secondary N) is 2. The van der Waals surface area contributed by atoms with E-state index in [0.717, 1.165) is 16.2 Å². The summed E-state index contributed by atoms with van der Waals surface area (Å²) in [5, 5.41) is 22.8. The maximum Gasteiger partial charge on any atom is 0.218 e. The second-order valence-electron chi connectivity index (χ2n) is 5.30. The fourth-order valence-corrected chi connectivity index (χ4v) is 3.05. The molecule has 1 aromatic heterocycles. The Balaban J connectivity index is 2.35. The van der Waals surface area contributed by atoms with Gasteiger partial charge in [-0.1, -0.05) is 5.16 Å². The minimum Gasteiger partial charge on any atom is -0.409 e. The van der Waals surface area contributed by atoms with Crippen LogP contribution >= 0.6 is 11.8 Å². The molecule has 1 aliphatic rings. The Morgan fingerprint density at radius 3 is 2.72 bits per heavy atom. The van der Waals surface area contributed by atoms with E-state index >= 15 is 0 Å². The number of rotatable bonds is 5. The third-order valence-corrected chi connectivity index (χ3v) is 4.50. The van der Waals surface area contributed by atoms with Crippen LogP contribution in [0.2, 0.25) is 0 Å². The highest BCUT2D eigenvalue weighted by Gasteiger charge is 2.23. The first-order valence-corrected chi connectivity index (χ1v) is 8.68. The van der Waals surface area contributed by atoms with Gasteiger partial charge in [-0.05, 0) is 25.3 Å². The molecule has 0 unspecified atom stereocenters. The molecule has 0 saturated heterocycles. The summed E-state index contributed by atoms with van der Waals surface area (Å²) in [5.74, 6) is 0.328. The number of amidine groups is 1. The minimum absolute atomic E-state index is 0.0941. The fraction of sp³-hybridized carbons (Fsp3) is 0.250. The summed E-state index contributed by atoms with van der Waals surface area (Å²) >= 11 is 1.57. The molecule has 0 radical (unpaired) electrons. The summed E-state index contributed by atoms with van der Waals surface area (Å²) in [5.41, 5.74) is 15.1. The molecule has 7 N–H and O–H groups in total. The Hall–Kier alpha value is -2.81. The molecule has 1 aliphatic heterocycles. The maximum atomic E-state index is 8.88. The van der Waals surface area contributed by atoms with Crippen LogP contribution in [0.3, 0.4) is 0 Å². The molecule has 132 valence electrons. The lowest BCUT2D eigenvalue weighted by atomic mass is 9.97. The zero-order valence-corrected chi connectivity index (χ0v) is 15.1. The van der Waals surface area contributed by atoms with Crippen molar-refractivity contribution in [2.24, 2.45) is 15.9 Å². The number of nitrogens with two attached hydrogens (primary N) is 2. The number of oxime groups is 1. The van der Waals surface area contributed by atoms with Gasteiger partial charge < -0.3 is 22.0 Å². The van der Waals surface area contributed by atoms with Crippen molar-refractivity contribution in [2.75, 3.05) is 19.0 Å². The van der Waals surface area contributed by atoms with Crippen LogP contribution in [-0.4, -0.2) is 40.8 Å². The van der Waals surface area contributed by atoms with Crippen LogP contribution in [-0.2, 0) is 6.42 Å². The first-order valence-electron chi connectivity index (χ1n) is 7.45. The van der Waals surface area contributed by atoms with E-state index in [1.165, 1.54) is 0 Å². The Bertz CT molecular complexity index is 824. The van der Waals surface area contributed by atoms with Gasteiger partial charge in [0, 0.05) is 47.1 Å². The average molecular weight is 359 g/mol. The van der Waals surface area contributed by atoms with Gasteiger partial charge in [-0.3, -0.25) is 5.41 Å². The summed E-state index contributed by atoms with van der Waals surface area (Å²) < 4.78 is 0. The average Bonchev–Trinajstić information content (AvgIpc) is 2.60. The summed E-state index contributed by atoms with van der Waals surface area (Å²) in [6.45, 7) is 1.75. The number of aliphatic imine (C=N–C) groups is 1. The molecule has 0 spiro atoms. The van der Waals surface area contributed by atoms with E-state index in [0.29, 0.717) is 23.5 Å². The number of allylic oxidation sites excluding steroid dienone is 1. The van der Waals surface area contributed by atoms with Crippen molar-refractivity contribution >= 4 is 39.7 Å². The number of aromatic nitrogens is 1. The highest BCUT2D eigenvalue weighted by molar-refractivity contribution is 8.07. The van der Waals surface area contributed by atoms with Crippen molar-refractivity contribution in [2.45, 2.75) is 13.3 Å². The molecule has 25 heavy (non-hydrogen) atoms. The van der Waals surface area contributed by atoms with Crippen molar-refractivity contribution in [1.82, 2.24) is 10.3 Å². The molecule has 0 saturated carbocycles. The Labute approximate surface area is 150 Å². The lowest BCUT2D eigenvalue weighted by Crippen LogP contribution is -2.29. The first kappa shape index (κ1) is 18.5. The van der Waals surface area contributed by atoms with Gasteiger partial charge in [0.2, 0.25) is 5.84 Å². The Morgan fingerprint density at radius 1 is 1.44 bits per heavy atom. The molecule has 0 aromatic carbocycles. The lowest BCUT2D eigenvalue weighted by molar-refractivity contribution is 0.319. The number of anilines is 1. The quantitative estimate of drug-likeness (QED) is 0.398. The molecule has 0 fully saturated rings. The van der Waals surface area contributed by atoms with Crippen LogP contribution in [0.4, 0.5) is 5.82 Å². The van der Waals surface area contributed by atoms with E-state index in [2.05, 4.69) is 20.4 Å².